The highest BCUT2D eigenvalue weighted by Gasteiger charge is 2.11. The molecule has 7 heteroatoms. The van der Waals surface area contributed by atoms with Crippen LogP contribution in [-0.2, 0) is 4.79 Å². The molecule has 25 heavy (non-hydrogen) atoms. The van der Waals surface area contributed by atoms with Crippen LogP contribution in [0, 0.1) is 0 Å². The second kappa shape index (κ2) is 7.76. The van der Waals surface area contributed by atoms with E-state index in [0.717, 1.165) is 17.3 Å². The largest absolute Gasteiger partial charge is 0.411 e. The molecule has 126 valence electrons. The van der Waals surface area contributed by atoms with Gasteiger partial charge in [-0.3, -0.25) is 9.59 Å². The Morgan fingerprint density at radius 1 is 1.04 bits per heavy atom. The zero-order chi connectivity index (χ0) is 17.6. The molecule has 1 heterocycles. The van der Waals surface area contributed by atoms with E-state index in [1.807, 2.05) is 30.3 Å². The van der Waals surface area contributed by atoms with Crippen LogP contribution in [0.2, 0.25) is 0 Å². The van der Waals surface area contributed by atoms with Crippen molar-refractivity contribution in [1.82, 2.24) is 10.2 Å². The Balaban J connectivity index is 1.54. The number of carbonyl (C=O) groups is 2. The van der Waals surface area contributed by atoms with Crippen LogP contribution in [0.1, 0.15) is 17.3 Å². The van der Waals surface area contributed by atoms with Gasteiger partial charge in [0.1, 0.15) is 0 Å². The minimum absolute atomic E-state index is 0.0148. The van der Waals surface area contributed by atoms with Crippen LogP contribution in [0.4, 0.5) is 5.69 Å². The number of benzene rings is 2. The van der Waals surface area contributed by atoms with Crippen LogP contribution in [0.3, 0.4) is 0 Å². The van der Waals surface area contributed by atoms with Crippen LogP contribution < -0.4 is 5.32 Å². The lowest BCUT2D eigenvalue weighted by Gasteiger charge is -2.04. The van der Waals surface area contributed by atoms with Crippen molar-refractivity contribution in [2.45, 2.75) is 12.1 Å². The summed E-state index contributed by atoms with van der Waals surface area (Å²) in [5, 5.41) is 11.0. The number of amides is 1. The van der Waals surface area contributed by atoms with E-state index < -0.39 is 0 Å². The lowest BCUT2D eigenvalue weighted by molar-refractivity contribution is -0.113. The highest BCUT2D eigenvalue weighted by Crippen LogP contribution is 2.23. The Hall–Kier alpha value is -2.93. The summed E-state index contributed by atoms with van der Waals surface area (Å²) >= 11 is 1.16. The number of Topliss-reactive ketones (excluding diaryl/α,β-unsaturated/α-hetero) is 1. The highest BCUT2D eigenvalue weighted by atomic mass is 32.2. The number of nitrogens with one attached hydrogen (secondary N) is 1. The molecular weight excluding hydrogens is 338 g/mol. The summed E-state index contributed by atoms with van der Waals surface area (Å²) in [5.41, 5.74) is 2.06. The molecule has 0 saturated heterocycles. The van der Waals surface area contributed by atoms with Gasteiger partial charge in [0.2, 0.25) is 11.8 Å². The van der Waals surface area contributed by atoms with Crippen molar-refractivity contribution in [3.8, 4) is 11.5 Å². The summed E-state index contributed by atoms with van der Waals surface area (Å²) in [4.78, 5) is 23.2. The smallest absolute Gasteiger partial charge is 0.277 e. The van der Waals surface area contributed by atoms with Crippen molar-refractivity contribution in [2.75, 3.05) is 11.1 Å². The lowest BCUT2D eigenvalue weighted by Crippen LogP contribution is -2.14. The van der Waals surface area contributed by atoms with Gasteiger partial charge in [-0.25, -0.2) is 0 Å². The number of carbonyl (C=O) groups excluding carboxylic acids is 2. The standard InChI is InChI=1S/C18H15N3O3S/c1-12(22)13-7-9-15(10-8-13)19-16(23)11-25-18-21-20-17(24-18)14-5-3-2-4-6-14/h2-10H,11H2,1H3,(H,19,23). The first-order valence-corrected chi connectivity index (χ1v) is 8.53. The zero-order valence-electron chi connectivity index (χ0n) is 13.4. The van der Waals surface area contributed by atoms with Crippen molar-refractivity contribution in [3.63, 3.8) is 0 Å². The second-order valence-corrected chi connectivity index (χ2v) is 6.14. The predicted octanol–water partition coefficient (Wildman–Crippen LogP) is 3.67. The first-order valence-electron chi connectivity index (χ1n) is 7.54. The van der Waals surface area contributed by atoms with Crippen LogP contribution >= 0.6 is 11.8 Å². The molecule has 0 unspecified atom stereocenters. The Morgan fingerprint density at radius 3 is 2.44 bits per heavy atom. The van der Waals surface area contributed by atoms with Gasteiger partial charge in [0.05, 0.1) is 5.75 Å². The van der Waals surface area contributed by atoms with Gasteiger partial charge in [0, 0.05) is 16.8 Å². The first kappa shape index (κ1) is 16.9. The summed E-state index contributed by atoms with van der Waals surface area (Å²) in [7, 11) is 0. The Bertz CT molecular complexity index is 876. The highest BCUT2D eigenvalue weighted by molar-refractivity contribution is 7.99. The van der Waals surface area contributed by atoms with Crippen molar-refractivity contribution >= 4 is 29.1 Å². The molecule has 0 aliphatic heterocycles. The number of ketones is 1. The van der Waals surface area contributed by atoms with Gasteiger partial charge < -0.3 is 9.73 Å². The van der Waals surface area contributed by atoms with Gasteiger partial charge >= 0.3 is 0 Å². The average Bonchev–Trinajstić information content (AvgIpc) is 3.10. The lowest BCUT2D eigenvalue weighted by atomic mass is 10.1. The topological polar surface area (TPSA) is 85.1 Å². The fourth-order valence-electron chi connectivity index (χ4n) is 2.08. The number of nitrogens with zero attached hydrogens (tertiary/aromatic N) is 2. The van der Waals surface area contributed by atoms with Crippen molar-refractivity contribution in [1.29, 1.82) is 0 Å². The van der Waals surface area contributed by atoms with Crippen molar-refractivity contribution < 1.29 is 14.0 Å². The van der Waals surface area contributed by atoms with E-state index in [4.69, 9.17) is 4.42 Å². The monoisotopic (exact) mass is 353 g/mol. The van der Waals surface area contributed by atoms with Crippen molar-refractivity contribution in [2.24, 2.45) is 0 Å². The predicted molar refractivity (Wildman–Crippen MR) is 95.5 cm³/mol. The zero-order valence-corrected chi connectivity index (χ0v) is 14.2. The number of rotatable bonds is 6. The van der Waals surface area contributed by atoms with Crippen LogP contribution in [-0.4, -0.2) is 27.6 Å². The van der Waals surface area contributed by atoms with E-state index in [1.165, 1.54) is 6.92 Å². The third-order valence-electron chi connectivity index (χ3n) is 3.33. The van der Waals surface area contributed by atoms with E-state index in [0.29, 0.717) is 22.4 Å². The normalized spacial score (nSPS) is 10.4. The maximum absolute atomic E-state index is 12.0. The van der Waals surface area contributed by atoms with Gasteiger partial charge in [-0.05, 0) is 43.3 Å². The van der Waals surface area contributed by atoms with Gasteiger partial charge in [0.15, 0.2) is 5.78 Å². The van der Waals surface area contributed by atoms with Gasteiger partial charge in [-0.15, -0.1) is 10.2 Å². The molecule has 0 bridgehead atoms. The maximum atomic E-state index is 12.0. The van der Waals surface area contributed by atoms with E-state index >= 15 is 0 Å². The van der Waals surface area contributed by atoms with Gasteiger partial charge in [-0.1, -0.05) is 30.0 Å². The minimum atomic E-state index is -0.194. The summed E-state index contributed by atoms with van der Waals surface area (Å²) < 4.78 is 5.54. The van der Waals surface area contributed by atoms with E-state index in [-0.39, 0.29) is 17.4 Å². The van der Waals surface area contributed by atoms with Gasteiger partial charge in [-0.2, -0.15) is 0 Å². The van der Waals surface area contributed by atoms with Crippen molar-refractivity contribution in [3.05, 3.63) is 60.2 Å². The number of aromatic nitrogens is 2. The summed E-state index contributed by atoms with van der Waals surface area (Å²) in [6.45, 7) is 1.50. The molecule has 2 aromatic carbocycles. The number of hydrogen-bond donors (Lipinski definition) is 1. The molecular formula is C18H15N3O3S. The SMILES string of the molecule is CC(=O)c1ccc(NC(=O)CSc2nnc(-c3ccccc3)o2)cc1. The van der Waals surface area contributed by atoms with E-state index in [1.54, 1.807) is 24.3 Å². The molecule has 0 radical (unpaired) electrons. The second-order valence-electron chi connectivity index (χ2n) is 5.21. The summed E-state index contributed by atoms with van der Waals surface area (Å²) in [6, 6.07) is 16.2. The Kier molecular flexibility index (Phi) is 5.25. The molecule has 0 fully saturated rings. The van der Waals surface area contributed by atoms with E-state index in [2.05, 4.69) is 15.5 Å². The number of anilines is 1. The number of thioether (sulfide) groups is 1. The van der Waals surface area contributed by atoms with Gasteiger partial charge in [0.25, 0.3) is 5.22 Å². The van der Waals surface area contributed by atoms with Crippen LogP contribution in [0.15, 0.2) is 64.2 Å². The molecule has 6 nitrogen and oxygen atoms in total. The molecule has 1 N–H and O–H groups in total. The molecule has 1 aromatic heterocycles. The average molecular weight is 353 g/mol. The molecule has 0 aliphatic rings. The molecule has 0 saturated carbocycles. The fraction of sp³-hybridized carbons (Fsp3) is 0.111. The quantitative estimate of drug-likeness (QED) is 0.537. The molecule has 3 aromatic rings. The Labute approximate surface area is 148 Å². The molecule has 0 aliphatic carbocycles. The first-order chi connectivity index (χ1) is 12.1. The molecule has 0 spiro atoms. The summed E-state index contributed by atoms with van der Waals surface area (Å²) in [5.74, 6) is 0.354. The minimum Gasteiger partial charge on any atom is -0.411 e. The van der Waals surface area contributed by atoms with Crippen LogP contribution in [0.25, 0.3) is 11.5 Å². The third-order valence-corrected chi connectivity index (χ3v) is 4.15. The molecule has 1 amide bonds. The fourth-order valence-corrected chi connectivity index (χ4v) is 2.64. The van der Waals surface area contributed by atoms with E-state index in [9.17, 15) is 9.59 Å². The maximum Gasteiger partial charge on any atom is 0.277 e. The number of hydrogen-bond acceptors (Lipinski definition) is 6. The summed E-state index contributed by atoms with van der Waals surface area (Å²) in [6.07, 6.45) is 0. The molecule has 3 rings (SSSR count). The molecule has 0 atom stereocenters. The Morgan fingerprint density at radius 2 is 1.76 bits per heavy atom. The third kappa shape index (κ3) is 4.54. The van der Waals surface area contributed by atoms with Crippen LogP contribution in [0.5, 0.6) is 0 Å².